The Morgan fingerprint density at radius 1 is 0.947 bits per heavy atom. The van der Waals surface area contributed by atoms with E-state index in [1.165, 1.54) is 0 Å². The van der Waals surface area contributed by atoms with Crippen LogP contribution in [0.4, 0.5) is 9.59 Å². The molecule has 19 heavy (non-hydrogen) atoms. The molecule has 0 heterocycles. The molecule has 11 nitrogen and oxygen atoms in total. The fourth-order valence-electron chi connectivity index (χ4n) is 0.704. The summed E-state index contributed by atoms with van der Waals surface area (Å²) in [6.45, 7) is 0. The van der Waals surface area contributed by atoms with Gasteiger partial charge in [-0.3, -0.25) is 25.2 Å². The molecule has 6 N–H and O–H groups in total. The fraction of sp³-hybridized carbons (Fsp3) is 0. The standard InChI is InChI=1S/C6H8N6O5S2/c7-3(8)11(5(15)18)1(13)2(14)17-12(4(9)10)6(16)19/h(H3,7,8)(H3,9,10)(H,15,18)(H,16,19). The minimum atomic E-state index is -1.80. The maximum atomic E-state index is 11.4. The molecule has 0 unspecified atom stereocenters. The molecule has 0 bridgehead atoms. The predicted molar refractivity (Wildman–Crippen MR) is 67.4 cm³/mol. The zero-order valence-electron chi connectivity index (χ0n) is 8.98. The molecule has 0 spiro atoms. The van der Waals surface area contributed by atoms with Gasteiger partial charge in [0.25, 0.3) is 5.24 Å². The van der Waals surface area contributed by atoms with Crippen LogP contribution >= 0.6 is 25.3 Å². The van der Waals surface area contributed by atoms with E-state index in [1.807, 2.05) is 0 Å². The molecule has 0 aromatic rings. The molecule has 0 aliphatic rings. The van der Waals surface area contributed by atoms with Crippen molar-refractivity contribution in [1.29, 1.82) is 10.8 Å². The van der Waals surface area contributed by atoms with Crippen molar-refractivity contribution >= 4 is 59.5 Å². The van der Waals surface area contributed by atoms with Gasteiger partial charge in [0.15, 0.2) is 0 Å². The van der Waals surface area contributed by atoms with Crippen LogP contribution in [0.3, 0.4) is 0 Å². The van der Waals surface area contributed by atoms with Crippen LogP contribution in [0.5, 0.6) is 0 Å². The van der Waals surface area contributed by atoms with E-state index in [0.717, 1.165) is 0 Å². The molecule has 0 saturated carbocycles. The molecule has 0 rings (SSSR count). The second-order valence-corrected chi connectivity index (χ2v) is 3.41. The van der Waals surface area contributed by atoms with Gasteiger partial charge in [0.2, 0.25) is 11.9 Å². The lowest BCUT2D eigenvalue weighted by Gasteiger charge is -2.18. The van der Waals surface area contributed by atoms with Crippen molar-refractivity contribution in [2.45, 2.75) is 0 Å². The zero-order valence-corrected chi connectivity index (χ0v) is 10.8. The Morgan fingerprint density at radius 3 is 1.68 bits per heavy atom. The van der Waals surface area contributed by atoms with Gasteiger partial charge in [0.1, 0.15) is 0 Å². The number of hydrogen-bond acceptors (Lipinski definition) is 7. The Bertz CT molecular complexity index is 451. The summed E-state index contributed by atoms with van der Waals surface area (Å²) >= 11 is 6.44. The third-order valence-electron chi connectivity index (χ3n) is 1.38. The van der Waals surface area contributed by atoms with Crippen LogP contribution < -0.4 is 11.5 Å². The fourth-order valence-corrected chi connectivity index (χ4v) is 1.05. The molecule has 104 valence electrons. The number of carbonyl (C=O) groups is 4. The summed E-state index contributed by atoms with van der Waals surface area (Å²) in [5.74, 6) is -5.62. The highest BCUT2D eigenvalue weighted by Crippen LogP contribution is 2.02. The molecular formula is C6H8N6O5S2. The van der Waals surface area contributed by atoms with Crippen molar-refractivity contribution in [1.82, 2.24) is 9.96 Å². The minimum Gasteiger partial charge on any atom is -0.369 e. The first-order valence-electron chi connectivity index (χ1n) is 4.10. The summed E-state index contributed by atoms with van der Waals surface area (Å²) in [5.41, 5.74) is 9.75. The van der Waals surface area contributed by atoms with Gasteiger partial charge in [-0.1, -0.05) is 30.3 Å². The SMILES string of the molecule is N=C(N)N(OC(=O)C(=O)N(C(=N)N)C(=O)S)C(=O)S. The van der Waals surface area contributed by atoms with Gasteiger partial charge in [0.05, 0.1) is 0 Å². The average molecular weight is 308 g/mol. The zero-order chi connectivity index (χ0) is 15.3. The minimum absolute atomic E-state index is 0.120. The molecule has 0 saturated heterocycles. The van der Waals surface area contributed by atoms with E-state index < -0.39 is 34.3 Å². The van der Waals surface area contributed by atoms with Crippen LogP contribution in [0.2, 0.25) is 0 Å². The number of amides is 3. The van der Waals surface area contributed by atoms with E-state index in [2.05, 4.69) is 30.1 Å². The highest BCUT2D eigenvalue weighted by Gasteiger charge is 2.33. The molecule has 0 aliphatic heterocycles. The monoisotopic (exact) mass is 308 g/mol. The Balaban J connectivity index is 5.06. The highest BCUT2D eigenvalue weighted by molar-refractivity contribution is 7.96. The second-order valence-electron chi connectivity index (χ2n) is 2.65. The van der Waals surface area contributed by atoms with Crippen molar-refractivity contribution in [2.75, 3.05) is 0 Å². The van der Waals surface area contributed by atoms with Crippen molar-refractivity contribution < 1.29 is 24.0 Å². The lowest BCUT2D eigenvalue weighted by Crippen LogP contribution is -2.49. The van der Waals surface area contributed by atoms with Gasteiger partial charge in [-0.05, 0) is 0 Å². The first-order chi connectivity index (χ1) is 8.59. The third-order valence-corrected chi connectivity index (χ3v) is 1.76. The molecule has 13 heteroatoms. The summed E-state index contributed by atoms with van der Waals surface area (Å²) < 4.78 is 0. The summed E-state index contributed by atoms with van der Waals surface area (Å²) in [6, 6.07) is 0. The number of rotatable bonds is 0. The van der Waals surface area contributed by atoms with E-state index in [0.29, 0.717) is 0 Å². The average Bonchev–Trinajstić information content (AvgIpc) is 2.23. The Labute approximate surface area is 116 Å². The van der Waals surface area contributed by atoms with Crippen LogP contribution in [0.15, 0.2) is 0 Å². The number of guanidine groups is 2. The molecular weight excluding hydrogens is 300 g/mol. The van der Waals surface area contributed by atoms with E-state index >= 15 is 0 Å². The maximum Gasteiger partial charge on any atom is 0.422 e. The van der Waals surface area contributed by atoms with Crippen LogP contribution in [0, 0.1) is 10.8 Å². The van der Waals surface area contributed by atoms with Crippen LogP contribution in [-0.2, 0) is 14.4 Å². The number of nitrogens with one attached hydrogen (secondary N) is 2. The lowest BCUT2D eigenvalue weighted by molar-refractivity contribution is -0.171. The third kappa shape index (κ3) is 4.47. The normalized spacial score (nSPS) is 9.16. The molecule has 0 aromatic heterocycles. The first kappa shape index (κ1) is 16.7. The second kappa shape index (κ2) is 6.60. The smallest absolute Gasteiger partial charge is 0.369 e. The number of hydrogen-bond donors (Lipinski definition) is 6. The number of thiol groups is 2. The summed E-state index contributed by atoms with van der Waals surface area (Å²) in [5, 5.41) is 11.1. The summed E-state index contributed by atoms with van der Waals surface area (Å²) in [4.78, 5) is 48.3. The summed E-state index contributed by atoms with van der Waals surface area (Å²) in [7, 11) is 0. The topological polar surface area (TPSA) is 184 Å². The number of imide groups is 1. The quantitative estimate of drug-likeness (QED) is 0.103. The van der Waals surface area contributed by atoms with E-state index in [9.17, 15) is 19.2 Å². The maximum absolute atomic E-state index is 11.4. The number of nitrogens with zero attached hydrogens (tertiary/aromatic N) is 2. The van der Waals surface area contributed by atoms with Crippen molar-refractivity contribution in [2.24, 2.45) is 11.5 Å². The number of hydroxylamine groups is 2. The van der Waals surface area contributed by atoms with Crippen molar-refractivity contribution in [3.63, 3.8) is 0 Å². The first-order valence-corrected chi connectivity index (χ1v) is 4.99. The van der Waals surface area contributed by atoms with Crippen LogP contribution in [-0.4, -0.2) is 44.2 Å². The predicted octanol–water partition coefficient (Wildman–Crippen LogP) is -1.54. The molecule has 0 radical (unpaired) electrons. The van der Waals surface area contributed by atoms with Gasteiger partial charge < -0.3 is 16.3 Å². The molecule has 0 aliphatic carbocycles. The van der Waals surface area contributed by atoms with Crippen molar-refractivity contribution in [3.8, 4) is 0 Å². The van der Waals surface area contributed by atoms with Gasteiger partial charge in [-0.15, -0.1) is 0 Å². The molecule has 3 amide bonds. The molecule has 0 atom stereocenters. The van der Waals surface area contributed by atoms with E-state index in [4.69, 9.17) is 22.3 Å². The van der Waals surface area contributed by atoms with Crippen LogP contribution in [0.25, 0.3) is 0 Å². The van der Waals surface area contributed by atoms with E-state index in [1.54, 1.807) is 0 Å². The van der Waals surface area contributed by atoms with Gasteiger partial charge >= 0.3 is 17.1 Å². The largest absolute Gasteiger partial charge is 0.422 e. The molecule has 0 aromatic carbocycles. The Kier molecular flexibility index (Phi) is 5.81. The number of carbonyl (C=O) groups excluding carboxylic acids is 4. The van der Waals surface area contributed by atoms with Gasteiger partial charge in [0, 0.05) is 0 Å². The summed E-state index contributed by atoms with van der Waals surface area (Å²) in [6.07, 6.45) is 0. The van der Waals surface area contributed by atoms with Crippen LogP contribution in [0.1, 0.15) is 0 Å². The van der Waals surface area contributed by atoms with Crippen molar-refractivity contribution in [3.05, 3.63) is 0 Å². The van der Waals surface area contributed by atoms with Gasteiger partial charge in [-0.2, -0.15) is 0 Å². The number of nitrogens with two attached hydrogens (primary N) is 2. The highest BCUT2D eigenvalue weighted by atomic mass is 32.1. The van der Waals surface area contributed by atoms with Gasteiger partial charge in [-0.25, -0.2) is 9.69 Å². The molecule has 0 fully saturated rings. The lowest BCUT2D eigenvalue weighted by atomic mass is 10.5. The van der Waals surface area contributed by atoms with E-state index in [-0.39, 0.29) is 9.96 Å². The Morgan fingerprint density at radius 2 is 1.42 bits per heavy atom. The Hall–Kier alpha value is -2.28.